The third-order valence-electron chi connectivity index (χ3n) is 1.45. The second kappa shape index (κ2) is 5.44. The fourth-order valence-corrected chi connectivity index (χ4v) is 0.988. The van der Waals surface area contributed by atoms with E-state index in [9.17, 15) is 4.79 Å². The first kappa shape index (κ1) is 10.8. The van der Waals surface area contributed by atoms with Gasteiger partial charge in [-0.3, -0.25) is 4.79 Å². The van der Waals surface area contributed by atoms with Crippen LogP contribution in [0.4, 0.5) is 5.69 Å². The zero-order valence-corrected chi connectivity index (χ0v) is 8.54. The molecule has 1 rings (SSSR count). The van der Waals surface area contributed by atoms with Gasteiger partial charge in [0.1, 0.15) is 11.6 Å². The first-order valence-corrected chi connectivity index (χ1v) is 4.75. The molecule has 0 aromatic carbocycles. The molecular weight excluding hydrogens is 204 g/mol. The van der Waals surface area contributed by atoms with Crippen LogP contribution in [0.1, 0.15) is 6.92 Å². The average molecular weight is 215 g/mol. The normalized spacial score (nSPS) is 9.57. The predicted octanol–water partition coefficient (Wildman–Crippen LogP) is 1.66. The number of hydrogen-bond acceptors (Lipinski definition) is 3. The van der Waals surface area contributed by atoms with E-state index in [1.165, 1.54) is 0 Å². The van der Waals surface area contributed by atoms with E-state index in [-0.39, 0.29) is 11.8 Å². The Morgan fingerprint density at radius 1 is 1.71 bits per heavy atom. The zero-order chi connectivity index (χ0) is 10.4. The van der Waals surface area contributed by atoms with E-state index in [0.29, 0.717) is 18.2 Å². The summed E-state index contributed by atoms with van der Waals surface area (Å²) in [5.41, 5.74) is 0.542. The number of carbonyl (C=O) groups excluding carboxylic acids is 1. The molecule has 1 amide bonds. The molecule has 0 aliphatic carbocycles. The molecule has 0 fully saturated rings. The summed E-state index contributed by atoms with van der Waals surface area (Å²) < 4.78 is 5.21. The van der Waals surface area contributed by atoms with Gasteiger partial charge in [0.2, 0.25) is 11.8 Å². The van der Waals surface area contributed by atoms with Crippen molar-refractivity contribution in [3.8, 4) is 5.88 Å². The molecule has 1 aromatic heterocycles. The summed E-state index contributed by atoms with van der Waals surface area (Å²) in [6.45, 7) is 2.35. The Balaban J connectivity index is 2.78. The Hall–Kier alpha value is -1.29. The average Bonchev–Trinajstić information content (AvgIpc) is 2.21. The van der Waals surface area contributed by atoms with E-state index in [4.69, 9.17) is 16.3 Å². The molecule has 5 heteroatoms. The summed E-state index contributed by atoms with van der Waals surface area (Å²) in [5.74, 6) is 0.0505. The maximum absolute atomic E-state index is 11.0. The topological polar surface area (TPSA) is 51.2 Å². The van der Waals surface area contributed by atoms with Gasteiger partial charge >= 0.3 is 0 Å². The Labute approximate surface area is 87.2 Å². The second-order valence-corrected chi connectivity index (χ2v) is 2.74. The number of hydrogen-bond donors (Lipinski definition) is 1. The lowest BCUT2D eigenvalue weighted by atomic mass is 10.4. The predicted molar refractivity (Wildman–Crippen MR) is 54.8 cm³/mol. The molecule has 1 heterocycles. The van der Waals surface area contributed by atoms with Gasteiger partial charge in [0.15, 0.2) is 0 Å². The van der Waals surface area contributed by atoms with Crippen molar-refractivity contribution in [2.24, 2.45) is 0 Å². The van der Waals surface area contributed by atoms with Crippen LogP contribution in [-0.2, 0) is 4.79 Å². The molecule has 1 aromatic rings. The summed E-state index contributed by atoms with van der Waals surface area (Å²) in [7, 11) is 0. The molecule has 0 aliphatic heterocycles. The third kappa shape index (κ3) is 2.88. The molecule has 0 aliphatic rings. The first-order valence-electron chi connectivity index (χ1n) is 4.21. The van der Waals surface area contributed by atoms with Crippen molar-refractivity contribution in [2.45, 2.75) is 6.92 Å². The fourth-order valence-electron chi connectivity index (χ4n) is 0.921. The van der Waals surface area contributed by atoms with Gasteiger partial charge in [-0.05, 0) is 19.1 Å². The highest BCUT2D eigenvalue weighted by atomic mass is 35.5. The Bertz CT molecular complexity index is 317. The lowest BCUT2D eigenvalue weighted by molar-refractivity contribution is -0.113. The van der Waals surface area contributed by atoms with E-state index in [2.05, 4.69) is 10.3 Å². The van der Waals surface area contributed by atoms with Crippen molar-refractivity contribution < 1.29 is 9.53 Å². The minimum Gasteiger partial charge on any atom is -0.476 e. The molecule has 0 unspecified atom stereocenters. The SMILES string of the molecule is CCOc1ncccc1NC(=O)CCl. The zero-order valence-electron chi connectivity index (χ0n) is 7.79. The van der Waals surface area contributed by atoms with Gasteiger partial charge in [-0.25, -0.2) is 4.98 Å². The molecule has 0 spiro atoms. The quantitative estimate of drug-likeness (QED) is 0.776. The molecule has 4 nitrogen and oxygen atoms in total. The van der Waals surface area contributed by atoms with Gasteiger partial charge in [0.05, 0.1) is 6.61 Å². The Morgan fingerprint density at radius 2 is 2.50 bits per heavy atom. The van der Waals surface area contributed by atoms with E-state index < -0.39 is 0 Å². The number of alkyl halides is 1. The van der Waals surface area contributed by atoms with Crippen molar-refractivity contribution in [1.82, 2.24) is 4.98 Å². The molecular formula is C9H11ClN2O2. The lowest BCUT2D eigenvalue weighted by Gasteiger charge is -2.08. The standard InChI is InChI=1S/C9H11ClN2O2/c1-2-14-9-7(4-3-5-11-9)12-8(13)6-10/h3-5H,2,6H2,1H3,(H,12,13). The number of nitrogens with one attached hydrogen (secondary N) is 1. The lowest BCUT2D eigenvalue weighted by Crippen LogP contribution is -2.14. The molecule has 0 atom stereocenters. The van der Waals surface area contributed by atoms with Crippen molar-refractivity contribution in [3.05, 3.63) is 18.3 Å². The van der Waals surface area contributed by atoms with Gasteiger partial charge in [-0.1, -0.05) is 0 Å². The van der Waals surface area contributed by atoms with Crippen molar-refractivity contribution in [2.75, 3.05) is 17.8 Å². The van der Waals surface area contributed by atoms with Crippen LogP contribution in [-0.4, -0.2) is 23.4 Å². The number of rotatable bonds is 4. The minimum absolute atomic E-state index is 0.0829. The molecule has 1 N–H and O–H groups in total. The van der Waals surface area contributed by atoms with Crippen molar-refractivity contribution >= 4 is 23.2 Å². The molecule has 14 heavy (non-hydrogen) atoms. The largest absolute Gasteiger partial charge is 0.476 e. The Morgan fingerprint density at radius 3 is 3.14 bits per heavy atom. The Kier molecular flexibility index (Phi) is 4.19. The van der Waals surface area contributed by atoms with Gasteiger partial charge in [0.25, 0.3) is 0 Å². The number of pyridine rings is 1. The van der Waals surface area contributed by atoms with E-state index in [0.717, 1.165) is 0 Å². The molecule has 0 bridgehead atoms. The number of amides is 1. The van der Waals surface area contributed by atoms with Crippen LogP contribution in [0.3, 0.4) is 0 Å². The molecule has 76 valence electrons. The number of halogens is 1. The summed E-state index contributed by atoms with van der Waals surface area (Å²) in [6.07, 6.45) is 1.60. The van der Waals surface area contributed by atoms with Crippen LogP contribution in [0.2, 0.25) is 0 Å². The van der Waals surface area contributed by atoms with Crippen LogP contribution in [0.15, 0.2) is 18.3 Å². The maximum atomic E-state index is 11.0. The fraction of sp³-hybridized carbons (Fsp3) is 0.333. The van der Waals surface area contributed by atoms with Gasteiger partial charge in [-0.2, -0.15) is 0 Å². The minimum atomic E-state index is -0.277. The highest BCUT2D eigenvalue weighted by molar-refractivity contribution is 6.29. The van der Waals surface area contributed by atoms with Crippen LogP contribution in [0, 0.1) is 0 Å². The first-order chi connectivity index (χ1) is 6.77. The van der Waals surface area contributed by atoms with E-state index in [1.54, 1.807) is 18.3 Å². The summed E-state index contributed by atoms with van der Waals surface area (Å²) in [6, 6.07) is 3.43. The van der Waals surface area contributed by atoms with Gasteiger partial charge in [-0.15, -0.1) is 11.6 Å². The number of ether oxygens (including phenoxy) is 1. The molecule has 0 radical (unpaired) electrons. The van der Waals surface area contributed by atoms with Crippen LogP contribution >= 0.6 is 11.6 Å². The van der Waals surface area contributed by atoms with Gasteiger partial charge < -0.3 is 10.1 Å². The van der Waals surface area contributed by atoms with Crippen molar-refractivity contribution in [3.63, 3.8) is 0 Å². The highest BCUT2D eigenvalue weighted by Crippen LogP contribution is 2.20. The van der Waals surface area contributed by atoms with Crippen LogP contribution in [0.5, 0.6) is 5.88 Å². The number of carbonyl (C=O) groups is 1. The summed E-state index contributed by atoms with van der Waals surface area (Å²) in [5, 5.41) is 2.59. The monoisotopic (exact) mass is 214 g/mol. The van der Waals surface area contributed by atoms with E-state index >= 15 is 0 Å². The van der Waals surface area contributed by atoms with Gasteiger partial charge in [0, 0.05) is 6.20 Å². The second-order valence-electron chi connectivity index (χ2n) is 2.47. The van der Waals surface area contributed by atoms with Crippen LogP contribution in [0.25, 0.3) is 0 Å². The molecule has 0 saturated carbocycles. The summed E-state index contributed by atoms with van der Waals surface area (Å²) in [4.78, 5) is 15.0. The maximum Gasteiger partial charge on any atom is 0.239 e. The number of anilines is 1. The highest BCUT2D eigenvalue weighted by Gasteiger charge is 2.06. The summed E-state index contributed by atoms with van der Waals surface area (Å²) >= 11 is 5.36. The third-order valence-corrected chi connectivity index (χ3v) is 1.69. The molecule has 0 saturated heterocycles. The van der Waals surface area contributed by atoms with Crippen molar-refractivity contribution in [1.29, 1.82) is 0 Å². The van der Waals surface area contributed by atoms with E-state index in [1.807, 2.05) is 6.92 Å². The van der Waals surface area contributed by atoms with Crippen LogP contribution < -0.4 is 10.1 Å². The smallest absolute Gasteiger partial charge is 0.239 e. The number of aromatic nitrogens is 1. The number of nitrogens with zero attached hydrogens (tertiary/aromatic N) is 1.